The van der Waals surface area contributed by atoms with Crippen LogP contribution in [-0.4, -0.2) is 0 Å². The number of rotatable bonds is 2. The van der Waals surface area contributed by atoms with Crippen molar-refractivity contribution in [3.63, 3.8) is 0 Å². The van der Waals surface area contributed by atoms with Gasteiger partial charge in [0.25, 0.3) is 0 Å². The number of nitrogens with two attached hydrogens (primary N) is 1. The van der Waals surface area contributed by atoms with Gasteiger partial charge in [-0.3, -0.25) is 0 Å². The van der Waals surface area contributed by atoms with E-state index in [1.807, 2.05) is 0 Å². The van der Waals surface area contributed by atoms with Gasteiger partial charge in [-0.15, -0.1) is 12.4 Å². The molecular formula is C9H9ClF2N2. The summed E-state index contributed by atoms with van der Waals surface area (Å²) < 4.78 is 25.6. The largest absolute Gasteiger partial charge is 0.323 e. The summed E-state index contributed by atoms with van der Waals surface area (Å²) >= 11 is 0. The molecule has 0 aliphatic rings. The molecule has 2 nitrogen and oxygen atoms in total. The van der Waals surface area contributed by atoms with Gasteiger partial charge in [0.2, 0.25) is 0 Å². The average molecular weight is 219 g/mol. The van der Waals surface area contributed by atoms with Gasteiger partial charge in [-0.05, 0) is 18.2 Å². The lowest BCUT2D eigenvalue weighted by molar-refractivity contribution is 0.564. The first-order valence-corrected chi connectivity index (χ1v) is 3.72. The lowest BCUT2D eigenvalue weighted by Gasteiger charge is -2.08. The Morgan fingerprint density at radius 3 is 2.64 bits per heavy atom. The van der Waals surface area contributed by atoms with Gasteiger partial charge >= 0.3 is 0 Å². The van der Waals surface area contributed by atoms with E-state index in [1.165, 1.54) is 0 Å². The molecule has 0 fully saturated rings. The summed E-state index contributed by atoms with van der Waals surface area (Å²) in [6, 6.07) is 4.06. The van der Waals surface area contributed by atoms with Gasteiger partial charge in [-0.2, -0.15) is 5.26 Å². The minimum atomic E-state index is -0.763. The monoisotopic (exact) mass is 218 g/mol. The number of nitriles is 1. The Hall–Kier alpha value is -1.18. The zero-order chi connectivity index (χ0) is 9.84. The molecule has 0 saturated heterocycles. The van der Waals surface area contributed by atoms with Crippen LogP contribution in [0.5, 0.6) is 0 Å². The van der Waals surface area contributed by atoms with Crippen LogP contribution < -0.4 is 5.73 Å². The van der Waals surface area contributed by atoms with Gasteiger partial charge in [0.1, 0.15) is 11.6 Å². The summed E-state index contributed by atoms with van der Waals surface area (Å²) in [5, 5.41) is 8.31. The molecule has 0 aliphatic carbocycles. The van der Waals surface area contributed by atoms with Crippen LogP contribution >= 0.6 is 12.4 Å². The van der Waals surface area contributed by atoms with E-state index in [1.54, 1.807) is 6.07 Å². The molecule has 0 radical (unpaired) electrons. The van der Waals surface area contributed by atoms with Crippen molar-refractivity contribution in [3.05, 3.63) is 35.4 Å². The SMILES string of the molecule is Cl.N#CC[C@@H](N)c1cc(F)ccc1F. The molecular weight excluding hydrogens is 210 g/mol. The lowest BCUT2D eigenvalue weighted by Crippen LogP contribution is -2.11. The zero-order valence-corrected chi connectivity index (χ0v) is 8.02. The van der Waals surface area contributed by atoms with Crippen LogP contribution in [-0.2, 0) is 0 Å². The first-order chi connectivity index (χ1) is 6.15. The summed E-state index contributed by atoms with van der Waals surface area (Å²) in [4.78, 5) is 0. The molecule has 1 rings (SSSR count). The van der Waals surface area contributed by atoms with Gasteiger partial charge in [0.15, 0.2) is 0 Å². The second-order valence-corrected chi connectivity index (χ2v) is 2.63. The van der Waals surface area contributed by atoms with E-state index >= 15 is 0 Å². The number of hydrogen-bond acceptors (Lipinski definition) is 2. The van der Waals surface area contributed by atoms with Gasteiger partial charge in [-0.25, -0.2) is 8.78 Å². The third-order valence-corrected chi connectivity index (χ3v) is 1.67. The number of benzene rings is 1. The second kappa shape index (κ2) is 5.53. The molecule has 0 spiro atoms. The van der Waals surface area contributed by atoms with Crippen LogP contribution in [0.4, 0.5) is 8.78 Å². The summed E-state index contributed by atoms with van der Waals surface area (Å²) in [5.41, 5.74) is 5.49. The highest BCUT2D eigenvalue weighted by Crippen LogP contribution is 2.18. The van der Waals surface area contributed by atoms with Crippen molar-refractivity contribution >= 4 is 12.4 Å². The van der Waals surface area contributed by atoms with Crippen molar-refractivity contribution in [1.82, 2.24) is 0 Å². The summed E-state index contributed by atoms with van der Waals surface area (Å²) in [6.45, 7) is 0. The number of hydrogen-bond donors (Lipinski definition) is 1. The van der Waals surface area contributed by atoms with Crippen molar-refractivity contribution in [2.24, 2.45) is 5.73 Å². The lowest BCUT2D eigenvalue weighted by atomic mass is 10.0. The molecule has 0 bridgehead atoms. The Morgan fingerprint density at radius 2 is 2.07 bits per heavy atom. The van der Waals surface area contributed by atoms with Crippen LogP contribution in [0, 0.1) is 23.0 Å². The minimum absolute atomic E-state index is 0. The minimum Gasteiger partial charge on any atom is -0.323 e. The summed E-state index contributed by atoms with van der Waals surface area (Å²) in [6.07, 6.45) is -0.0274. The molecule has 2 N–H and O–H groups in total. The Kier molecular flexibility index (Phi) is 5.06. The van der Waals surface area contributed by atoms with Crippen molar-refractivity contribution in [3.8, 4) is 6.07 Å². The van der Waals surface area contributed by atoms with Crippen molar-refractivity contribution in [2.45, 2.75) is 12.5 Å². The molecule has 1 atom stereocenters. The fourth-order valence-corrected chi connectivity index (χ4v) is 1.01. The maximum atomic E-state index is 13.0. The molecule has 14 heavy (non-hydrogen) atoms. The van der Waals surface area contributed by atoms with Gasteiger partial charge in [-0.1, -0.05) is 0 Å². The van der Waals surface area contributed by atoms with Crippen LogP contribution in [0.25, 0.3) is 0 Å². The predicted molar refractivity (Wildman–Crippen MR) is 50.8 cm³/mol. The molecule has 1 aromatic rings. The molecule has 0 unspecified atom stereocenters. The quantitative estimate of drug-likeness (QED) is 0.828. The summed E-state index contributed by atoms with van der Waals surface area (Å²) in [7, 11) is 0. The fraction of sp³-hybridized carbons (Fsp3) is 0.222. The standard InChI is InChI=1S/C9H8F2N2.ClH/c10-6-1-2-8(11)7(5-6)9(13)3-4-12;/h1-2,5,9H,3,13H2;1H/t9-;/m1./s1. The second-order valence-electron chi connectivity index (χ2n) is 2.63. The molecule has 1 aromatic carbocycles. The molecule has 0 heterocycles. The fourth-order valence-electron chi connectivity index (χ4n) is 1.01. The highest BCUT2D eigenvalue weighted by atomic mass is 35.5. The Morgan fingerprint density at radius 1 is 1.43 bits per heavy atom. The Labute approximate surface area is 86.7 Å². The van der Waals surface area contributed by atoms with Crippen molar-refractivity contribution in [2.75, 3.05) is 0 Å². The van der Waals surface area contributed by atoms with E-state index < -0.39 is 17.7 Å². The highest BCUT2D eigenvalue weighted by Gasteiger charge is 2.11. The molecule has 5 heteroatoms. The first-order valence-electron chi connectivity index (χ1n) is 3.72. The van der Waals surface area contributed by atoms with Crippen LogP contribution in [0.3, 0.4) is 0 Å². The Balaban J connectivity index is 0.00000169. The van der Waals surface area contributed by atoms with Crippen LogP contribution in [0.2, 0.25) is 0 Å². The van der Waals surface area contributed by atoms with Gasteiger partial charge in [0, 0.05) is 11.6 Å². The first kappa shape index (κ1) is 12.8. The molecule has 0 saturated carbocycles. The molecule has 0 aliphatic heterocycles. The molecule has 76 valence electrons. The van der Waals surface area contributed by atoms with E-state index in [-0.39, 0.29) is 24.4 Å². The van der Waals surface area contributed by atoms with Gasteiger partial charge < -0.3 is 5.73 Å². The molecule has 0 amide bonds. The smallest absolute Gasteiger partial charge is 0.128 e. The van der Waals surface area contributed by atoms with Crippen molar-refractivity contribution < 1.29 is 8.78 Å². The average Bonchev–Trinajstić information content (AvgIpc) is 2.09. The maximum Gasteiger partial charge on any atom is 0.128 e. The third-order valence-electron chi connectivity index (χ3n) is 1.67. The van der Waals surface area contributed by atoms with E-state index in [4.69, 9.17) is 11.0 Å². The maximum absolute atomic E-state index is 13.0. The third kappa shape index (κ3) is 2.95. The zero-order valence-electron chi connectivity index (χ0n) is 7.21. The van der Waals surface area contributed by atoms with Gasteiger partial charge in [0.05, 0.1) is 12.5 Å². The van der Waals surface area contributed by atoms with E-state index in [2.05, 4.69) is 0 Å². The number of nitrogens with zero attached hydrogens (tertiary/aromatic N) is 1. The normalized spacial score (nSPS) is 11.3. The predicted octanol–water partition coefficient (Wildman–Crippen LogP) is 2.30. The Bertz CT molecular complexity index is 349. The summed E-state index contributed by atoms with van der Waals surface area (Å²) in [5.74, 6) is -1.13. The van der Waals surface area contributed by atoms with Crippen molar-refractivity contribution in [1.29, 1.82) is 5.26 Å². The van der Waals surface area contributed by atoms with Crippen LogP contribution in [0.15, 0.2) is 18.2 Å². The molecule has 0 aromatic heterocycles. The highest BCUT2D eigenvalue weighted by molar-refractivity contribution is 5.85. The van der Waals surface area contributed by atoms with E-state index in [0.29, 0.717) is 0 Å². The topological polar surface area (TPSA) is 49.8 Å². The van der Waals surface area contributed by atoms with E-state index in [9.17, 15) is 8.78 Å². The number of halogens is 3. The van der Waals surface area contributed by atoms with E-state index in [0.717, 1.165) is 18.2 Å². The van der Waals surface area contributed by atoms with Crippen LogP contribution in [0.1, 0.15) is 18.0 Å².